The third-order valence-electron chi connectivity index (χ3n) is 3.61. The topological polar surface area (TPSA) is 63.6 Å². The summed E-state index contributed by atoms with van der Waals surface area (Å²) < 4.78 is 5.06. The van der Waals surface area contributed by atoms with E-state index in [1.165, 1.54) is 0 Å². The van der Waals surface area contributed by atoms with E-state index in [1.807, 2.05) is 0 Å². The van der Waals surface area contributed by atoms with Crippen molar-refractivity contribution in [2.24, 2.45) is 0 Å². The highest BCUT2D eigenvalue weighted by Gasteiger charge is 2.44. The van der Waals surface area contributed by atoms with Gasteiger partial charge in [0, 0.05) is 12.8 Å². The zero-order valence-corrected chi connectivity index (χ0v) is 10.3. The number of ether oxygens (including phenoxy) is 1. The molecule has 1 aromatic carbocycles. The predicted molar refractivity (Wildman–Crippen MR) is 65.8 cm³/mol. The summed E-state index contributed by atoms with van der Waals surface area (Å²) in [6, 6.07) is 6.95. The fourth-order valence-corrected chi connectivity index (χ4v) is 2.56. The van der Waals surface area contributed by atoms with Gasteiger partial charge in [0.05, 0.1) is 12.5 Å². The standard InChI is InChI=1S/C14H16O4/c1-18-12-6-4-10(5-7-12)14(13(16)17)8-2-3-11(15)9-14/h4-7H,2-3,8-9H2,1H3,(H,16,17). The Morgan fingerprint density at radius 1 is 1.33 bits per heavy atom. The highest BCUT2D eigenvalue weighted by molar-refractivity contribution is 5.91. The molecule has 96 valence electrons. The average molecular weight is 248 g/mol. The molecule has 0 aliphatic heterocycles. The molecule has 0 bridgehead atoms. The van der Waals surface area contributed by atoms with Crippen molar-refractivity contribution in [2.75, 3.05) is 7.11 Å². The third kappa shape index (κ3) is 2.10. The fourth-order valence-electron chi connectivity index (χ4n) is 2.56. The van der Waals surface area contributed by atoms with Gasteiger partial charge in [0.25, 0.3) is 0 Å². The lowest BCUT2D eigenvalue weighted by Gasteiger charge is -2.32. The lowest BCUT2D eigenvalue weighted by molar-refractivity contribution is -0.147. The van der Waals surface area contributed by atoms with E-state index >= 15 is 0 Å². The molecule has 2 rings (SSSR count). The number of carboxylic acids is 1. The van der Waals surface area contributed by atoms with Crippen LogP contribution < -0.4 is 4.74 Å². The number of benzene rings is 1. The first kappa shape index (κ1) is 12.6. The van der Waals surface area contributed by atoms with Crippen LogP contribution >= 0.6 is 0 Å². The van der Waals surface area contributed by atoms with E-state index in [0.717, 1.165) is 0 Å². The Bertz CT molecular complexity index is 463. The van der Waals surface area contributed by atoms with E-state index < -0.39 is 11.4 Å². The van der Waals surface area contributed by atoms with Crippen molar-refractivity contribution in [3.05, 3.63) is 29.8 Å². The van der Waals surface area contributed by atoms with Gasteiger partial charge in [-0.15, -0.1) is 0 Å². The molecule has 0 spiro atoms. The zero-order valence-electron chi connectivity index (χ0n) is 10.3. The maximum absolute atomic E-state index is 11.6. The van der Waals surface area contributed by atoms with Crippen molar-refractivity contribution in [3.63, 3.8) is 0 Å². The Morgan fingerprint density at radius 2 is 2.00 bits per heavy atom. The number of carbonyl (C=O) groups excluding carboxylic acids is 1. The van der Waals surface area contributed by atoms with E-state index in [9.17, 15) is 14.7 Å². The molecular weight excluding hydrogens is 232 g/mol. The first-order valence-corrected chi connectivity index (χ1v) is 5.98. The smallest absolute Gasteiger partial charge is 0.314 e. The van der Waals surface area contributed by atoms with Gasteiger partial charge >= 0.3 is 5.97 Å². The van der Waals surface area contributed by atoms with Gasteiger partial charge in [-0.05, 0) is 30.5 Å². The number of aliphatic carboxylic acids is 1. The van der Waals surface area contributed by atoms with E-state index in [0.29, 0.717) is 30.6 Å². The van der Waals surface area contributed by atoms with E-state index in [1.54, 1.807) is 31.4 Å². The van der Waals surface area contributed by atoms with Gasteiger partial charge in [-0.3, -0.25) is 9.59 Å². The summed E-state index contributed by atoms with van der Waals surface area (Å²) in [5.41, 5.74) is -0.370. The predicted octanol–water partition coefficient (Wildman–Crippen LogP) is 2.16. The Labute approximate surface area is 106 Å². The van der Waals surface area contributed by atoms with Gasteiger partial charge in [0.1, 0.15) is 11.5 Å². The molecule has 1 saturated carbocycles. The van der Waals surface area contributed by atoms with Crippen LogP contribution in [0.25, 0.3) is 0 Å². The Hall–Kier alpha value is -1.84. The van der Waals surface area contributed by atoms with Crippen molar-refractivity contribution in [1.29, 1.82) is 0 Å². The molecule has 1 atom stereocenters. The molecule has 0 amide bonds. The monoisotopic (exact) mass is 248 g/mol. The number of carbonyl (C=O) groups is 2. The van der Waals surface area contributed by atoms with E-state index in [-0.39, 0.29) is 12.2 Å². The van der Waals surface area contributed by atoms with Crippen molar-refractivity contribution < 1.29 is 19.4 Å². The number of hydrogen-bond donors (Lipinski definition) is 1. The number of hydrogen-bond acceptors (Lipinski definition) is 3. The lowest BCUT2D eigenvalue weighted by Crippen LogP contribution is -2.40. The first-order chi connectivity index (χ1) is 8.58. The fraction of sp³-hybridized carbons (Fsp3) is 0.429. The summed E-state index contributed by atoms with van der Waals surface area (Å²) in [6.45, 7) is 0. The summed E-state index contributed by atoms with van der Waals surface area (Å²) in [7, 11) is 1.56. The third-order valence-corrected chi connectivity index (χ3v) is 3.61. The van der Waals surface area contributed by atoms with E-state index in [2.05, 4.69) is 0 Å². The number of carboxylic acid groups (broad SMARTS) is 1. The molecule has 1 unspecified atom stereocenters. The van der Waals surface area contributed by atoms with Crippen LogP contribution in [0.5, 0.6) is 5.75 Å². The first-order valence-electron chi connectivity index (χ1n) is 5.98. The average Bonchev–Trinajstić information content (AvgIpc) is 2.38. The largest absolute Gasteiger partial charge is 0.497 e. The molecule has 18 heavy (non-hydrogen) atoms. The molecule has 1 N–H and O–H groups in total. The minimum absolute atomic E-state index is 0.0273. The normalized spacial score (nSPS) is 23.7. The quantitative estimate of drug-likeness (QED) is 0.890. The van der Waals surface area contributed by atoms with Gasteiger partial charge < -0.3 is 9.84 Å². The van der Waals surface area contributed by atoms with Crippen molar-refractivity contribution in [2.45, 2.75) is 31.1 Å². The summed E-state index contributed by atoms with van der Waals surface area (Å²) in [4.78, 5) is 23.2. The molecule has 4 heteroatoms. The summed E-state index contributed by atoms with van der Waals surface area (Å²) >= 11 is 0. The SMILES string of the molecule is COc1ccc(C2(C(=O)O)CCCC(=O)C2)cc1. The van der Waals surface area contributed by atoms with Crippen molar-refractivity contribution >= 4 is 11.8 Å². The maximum Gasteiger partial charge on any atom is 0.314 e. The van der Waals surface area contributed by atoms with Crippen LogP contribution in [0.15, 0.2) is 24.3 Å². The van der Waals surface area contributed by atoms with Crippen LogP contribution in [0, 0.1) is 0 Å². The minimum Gasteiger partial charge on any atom is -0.497 e. The number of rotatable bonds is 3. The van der Waals surface area contributed by atoms with E-state index in [4.69, 9.17) is 4.74 Å². The second kappa shape index (κ2) is 4.80. The summed E-state index contributed by atoms with van der Waals surface area (Å²) in [5.74, 6) is -0.207. The molecule has 0 saturated heterocycles. The molecule has 1 aromatic rings. The number of Topliss-reactive ketones (excluding diaryl/α,β-unsaturated/α-hetero) is 1. The molecule has 4 nitrogen and oxygen atoms in total. The summed E-state index contributed by atoms with van der Waals surface area (Å²) in [6.07, 6.45) is 1.73. The highest BCUT2D eigenvalue weighted by atomic mass is 16.5. The molecule has 0 aromatic heterocycles. The second-order valence-corrected chi connectivity index (χ2v) is 4.68. The van der Waals surface area contributed by atoms with Crippen molar-refractivity contribution in [1.82, 2.24) is 0 Å². The molecule has 1 aliphatic carbocycles. The number of ketones is 1. The van der Waals surface area contributed by atoms with Gasteiger partial charge in [0.2, 0.25) is 0 Å². The van der Waals surface area contributed by atoms with Crippen LogP contribution in [0.1, 0.15) is 31.2 Å². The molecule has 1 aliphatic rings. The molecule has 0 heterocycles. The second-order valence-electron chi connectivity index (χ2n) is 4.68. The highest BCUT2D eigenvalue weighted by Crippen LogP contribution is 2.38. The molecule has 0 radical (unpaired) electrons. The maximum atomic E-state index is 11.6. The van der Waals surface area contributed by atoms with Crippen LogP contribution in [0.3, 0.4) is 0 Å². The van der Waals surface area contributed by atoms with Gasteiger partial charge in [-0.25, -0.2) is 0 Å². The van der Waals surface area contributed by atoms with Gasteiger partial charge in [-0.2, -0.15) is 0 Å². The van der Waals surface area contributed by atoms with Crippen molar-refractivity contribution in [3.8, 4) is 5.75 Å². The van der Waals surface area contributed by atoms with Gasteiger partial charge in [0.15, 0.2) is 0 Å². The van der Waals surface area contributed by atoms with Crippen LogP contribution in [-0.4, -0.2) is 24.0 Å². The Kier molecular flexibility index (Phi) is 3.36. The lowest BCUT2D eigenvalue weighted by atomic mass is 9.69. The van der Waals surface area contributed by atoms with Crippen LogP contribution in [0.2, 0.25) is 0 Å². The number of methoxy groups -OCH3 is 1. The van der Waals surface area contributed by atoms with Crippen LogP contribution in [0.4, 0.5) is 0 Å². The molecular formula is C14H16O4. The zero-order chi connectivity index (χ0) is 13.2. The summed E-state index contributed by atoms with van der Waals surface area (Å²) in [5, 5.41) is 9.50. The van der Waals surface area contributed by atoms with Gasteiger partial charge in [-0.1, -0.05) is 12.1 Å². The Morgan fingerprint density at radius 3 is 2.50 bits per heavy atom. The minimum atomic E-state index is -1.05. The Balaban J connectivity index is 2.40. The molecule has 1 fully saturated rings. The van der Waals surface area contributed by atoms with Crippen LogP contribution in [-0.2, 0) is 15.0 Å².